The zero-order valence-corrected chi connectivity index (χ0v) is 22.5. The highest BCUT2D eigenvalue weighted by Gasteiger charge is 2.42. The van der Waals surface area contributed by atoms with Crippen LogP contribution in [0.3, 0.4) is 0 Å². The summed E-state index contributed by atoms with van der Waals surface area (Å²) < 4.78 is 16.1. The number of fused-ring (bicyclic) bond motifs is 3. The number of imidazole rings is 1. The van der Waals surface area contributed by atoms with Crippen LogP contribution >= 0.6 is 11.3 Å². The average Bonchev–Trinajstić information content (AvgIpc) is 3.48. The summed E-state index contributed by atoms with van der Waals surface area (Å²) in [5.41, 5.74) is 2.41. The van der Waals surface area contributed by atoms with E-state index in [0.29, 0.717) is 31.1 Å². The minimum atomic E-state index is -0.210. The maximum absolute atomic E-state index is 13.6. The van der Waals surface area contributed by atoms with Crippen molar-refractivity contribution >= 4 is 23.2 Å². The minimum absolute atomic E-state index is 0.0780. The number of piperidine rings is 1. The van der Waals surface area contributed by atoms with E-state index < -0.39 is 0 Å². The van der Waals surface area contributed by atoms with Crippen molar-refractivity contribution < 1.29 is 14.0 Å². The molecule has 4 atom stereocenters. The van der Waals surface area contributed by atoms with Crippen LogP contribution in [0.2, 0.25) is 0 Å². The lowest BCUT2D eigenvalue weighted by atomic mass is 9.95. The van der Waals surface area contributed by atoms with Crippen molar-refractivity contribution in [1.29, 1.82) is 0 Å². The molecule has 2 fully saturated rings. The number of hydrogen-bond acceptors (Lipinski definition) is 5. The van der Waals surface area contributed by atoms with E-state index in [4.69, 9.17) is 4.98 Å². The fourth-order valence-electron chi connectivity index (χ4n) is 6.76. The standard InChI is InChI=1S/C27H38FN5O2S/c1-4-5-27(35)31-12-11-24-23(16-31)29-17(2)33(24)21-14-19-6-7-20(15-21)32(19)13-10-22(30-18(3)34)25-8-9-26(28)36-25/h8-9,19-22H,4-7,10-16H2,1-3H3,(H,30,34)/t19-,20+,21?,22-/m0/s1. The van der Waals surface area contributed by atoms with E-state index in [0.717, 1.165) is 72.9 Å². The Labute approximate surface area is 217 Å². The molecule has 5 heterocycles. The molecule has 0 saturated carbocycles. The number of carbonyl (C=O) groups is 2. The van der Waals surface area contributed by atoms with E-state index in [1.807, 2.05) is 4.90 Å². The van der Waals surface area contributed by atoms with Crippen molar-refractivity contribution in [2.75, 3.05) is 13.1 Å². The first-order chi connectivity index (χ1) is 17.3. The summed E-state index contributed by atoms with van der Waals surface area (Å²) >= 11 is 1.12. The van der Waals surface area contributed by atoms with E-state index in [1.165, 1.54) is 31.5 Å². The maximum atomic E-state index is 13.6. The molecule has 2 bridgehead atoms. The van der Waals surface area contributed by atoms with Gasteiger partial charge < -0.3 is 14.8 Å². The van der Waals surface area contributed by atoms with Crippen LogP contribution in [0.25, 0.3) is 0 Å². The number of aryl methyl sites for hydroxylation is 1. The summed E-state index contributed by atoms with van der Waals surface area (Å²) in [4.78, 5) is 34.6. The number of thiophene rings is 1. The fourth-order valence-corrected chi connectivity index (χ4v) is 7.57. The second-order valence-electron chi connectivity index (χ2n) is 10.7. The third-order valence-electron chi connectivity index (χ3n) is 8.26. The third-order valence-corrected chi connectivity index (χ3v) is 9.25. The lowest BCUT2D eigenvalue weighted by molar-refractivity contribution is -0.132. The van der Waals surface area contributed by atoms with Crippen molar-refractivity contribution in [2.24, 2.45) is 0 Å². The normalized spacial score (nSPS) is 24.6. The molecule has 196 valence electrons. The molecule has 3 aliphatic rings. The first-order valence-electron chi connectivity index (χ1n) is 13.5. The molecule has 36 heavy (non-hydrogen) atoms. The molecule has 0 aromatic carbocycles. The quantitative estimate of drug-likeness (QED) is 0.562. The summed E-state index contributed by atoms with van der Waals surface area (Å²) in [6.45, 7) is 8.02. The number of hydrogen-bond donors (Lipinski definition) is 1. The van der Waals surface area contributed by atoms with Crippen LogP contribution in [0, 0.1) is 12.1 Å². The van der Waals surface area contributed by atoms with Crippen molar-refractivity contribution in [1.82, 2.24) is 24.7 Å². The van der Waals surface area contributed by atoms with E-state index in [-0.39, 0.29) is 23.0 Å². The average molecular weight is 516 g/mol. The Balaban J connectivity index is 1.25. The van der Waals surface area contributed by atoms with Crippen LogP contribution in [0.5, 0.6) is 0 Å². The lowest BCUT2D eigenvalue weighted by Crippen LogP contribution is -2.45. The van der Waals surface area contributed by atoms with Crippen LogP contribution in [0.15, 0.2) is 12.1 Å². The molecule has 0 spiro atoms. The second kappa shape index (κ2) is 10.6. The number of carbonyl (C=O) groups excluding carboxylic acids is 2. The summed E-state index contributed by atoms with van der Waals surface area (Å²) in [6.07, 6.45) is 7.79. The molecular weight excluding hydrogens is 477 g/mol. The van der Waals surface area contributed by atoms with Crippen LogP contribution < -0.4 is 5.32 Å². The molecule has 0 radical (unpaired) electrons. The Hall–Kier alpha value is -2.26. The second-order valence-corrected chi connectivity index (χ2v) is 11.7. The van der Waals surface area contributed by atoms with E-state index in [2.05, 4.69) is 28.6 Å². The van der Waals surface area contributed by atoms with Crippen LogP contribution in [-0.2, 0) is 22.6 Å². The first-order valence-corrected chi connectivity index (χ1v) is 14.3. The van der Waals surface area contributed by atoms with Gasteiger partial charge in [0.2, 0.25) is 11.8 Å². The molecule has 5 rings (SSSR count). The number of nitrogens with zero attached hydrogens (tertiary/aromatic N) is 4. The molecule has 1 unspecified atom stereocenters. The Morgan fingerprint density at radius 2 is 1.97 bits per heavy atom. The van der Waals surface area contributed by atoms with Gasteiger partial charge in [0, 0.05) is 61.6 Å². The monoisotopic (exact) mass is 515 g/mol. The van der Waals surface area contributed by atoms with Crippen molar-refractivity contribution in [3.8, 4) is 0 Å². The van der Waals surface area contributed by atoms with Gasteiger partial charge in [0.1, 0.15) is 5.82 Å². The summed E-state index contributed by atoms with van der Waals surface area (Å²) in [5.74, 6) is 1.24. The number of nitrogens with one attached hydrogen (secondary N) is 1. The molecule has 2 amide bonds. The van der Waals surface area contributed by atoms with E-state index in [9.17, 15) is 14.0 Å². The fraction of sp³-hybridized carbons (Fsp3) is 0.667. The first kappa shape index (κ1) is 25.4. The van der Waals surface area contributed by atoms with Crippen molar-refractivity contribution in [3.05, 3.63) is 39.4 Å². The molecular formula is C27H38FN5O2S. The number of rotatable bonds is 8. The molecule has 2 aromatic heterocycles. The van der Waals surface area contributed by atoms with Crippen molar-refractivity contribution in [3.63, 3.8) is 0 Å². The molecule has 9 heteroatoms. The highest BCUT2D eigenvalue weighted by molar-refractivity contribution is 7.10. The van der Waals surface area contributed by atoms with Crippen LogP contribution in [0.4, 0.5) is 4.39 Å². The number of halogens is 1. The number of amides is 2. The molecule has 0 aliphatic carbocycles. The highest BCUT2D eigenvalue weighted by atomic mass is 32.1. The molecule has 2 aromatic rings. The van der Waals surface area contributed by atoms with E-state index >= 15 is 0 Å². The van der Waals surface area contributed by atoms with Gasteiger partial charge in [-0.2, -0.15) is 4.39 Å². The van der Waals surface area contributed by atoms with Gasteiger partial charge in [-0.25, -0.2) is 4.98 Å². The van der Waals surface area contributed by atoms with Crippen LogP contribution in [0.1, 0.15) is 93.0 Å². The third kappa shape index (κ3) is 5.09. The predicted octanol–water partition coefficient (Wildman–Crippen LogP) is 4.51. The van der Waals surface area contributed by atoms with Gasteiger partial charge in [-0.05, 0) is 57.6 Å². The van der Waals surface area contributed by atoms with Gasteiger partial charge in [-0.15, -0.1) is 11.3 Å². The molecule has 2 saturated heterocycles. The van der Waals surface area contributed by atoms with Crippen molar-refractivity contribution in [2.45, 2.75) is 103 Å². The van der Waals surface area contributed by atoms with Gasteiger partial charge in [0.15, 0.2) is 5.13 Å². The predicted molar refractivity (Wildman–Crippen MR) is 138 cm³/mol. The summed E-state index contributed by atoms with van der Waals surface area (Å²) in [5, 5.41) is 2.82. The van der Waals surface area contributed by atoms with Crippen LogP contribution in [-0.4, -0.2) is 56.3 Å². The van der Waals surface area contributed by atoms with Gasteiger partial charge in [0.25, 0.3) is 0 Å². The highest BCUT2D eigenvalue weighted by Crippen LogP contribution is 2.43. The van der Waals surface area contributed by atoms with Gasteiger partial charge in [-0.3, -0.25) is 14.5 Å². The minimum Gasteiger partial charge on any atom is -0.349 e. The largest absolute Gasteiger partial charge is 0.349 e. The Morgan fingerprint density at radius 1 is 1.22 bits per heavy atom. The lowest BCUT2D eigenvalue weighted by Gasteiger charge is -2.41. The Kier molecular flexibility index (Phi) is 7.49. The molecule has 7 nitrogen and oxygen atoms in total. The number of aromatic nitrogens is 2. The summed E-state index contributed by atoms with van der Waals surface area (Å²) in [7, 11) is 0. The smallest absolute Gasteiger partial charge is 0.222 e. The molecule has 1 N–H and O–H groups in total. The van der Waals surface area contributed by atoms with Gasteiger partial charge >= 0.3 is 0 Å². The maximum Gasteiger partial charge on any atom is 0.222 e. The van der Waals surface area contributed by atoms with Gasteiger partial charge in [0.05, 0.1) is 18.3 Å². The zero-order chi connectivity index (χ0) is 25.4. The Bertz CT molecular complexity index is 1100. The zero-order valence-electron chi connectivity index (χ0n) is 21.6. The summed E-state index contributed by atoms with van der Waals surface area (Å²) in [6, 6.07) is 4.63. The van der Waals surface area contributed by atoms with E-state index in [1.54, 1.807) is 6.07 Å². The van der Waals surface area contributed by atoms with Gasteiger partial charge in [-0.1, -0.05) is 6.92 Å². The molecule has 3 aliphatic heterocycles. The Morgan fingerprint density at radius 3 is 2.61 bits per heavy atom. The topological polar surface area (TPSA) is 70.5 Å². The SMILES string of the molecule is CCCC(=O)N1CCc2c(nc(C)n2C2C[C@H]3CC[C@@H](C2)N3CC[C@H](NC(C)=O)c2ccc(F)s2)C1.